The average Bonchev–Trinajstić information content (AvgIpc) is 3.59. The molecule has 0 bridgehead atoms. The smallest absolute Gasteiger partial charge is 0.261 e. The van der Waals surface area contributed by atoms with Crippen molar-refractivity contribution in [2.45, 2.75) is 31.8 Å². The van der Waals surface area contributed by atoms with Crippen LogP contribution in [0.15, 0.2) is 63.8 Å². The van der Waals surface area contributed by atoms with Crippen molar-refractivity contribution in [3.63, 3.8) is 0 Å². The van der Waals surface area contributed by atoms with Gasteiger partial charge in [-0.2, -0.15) is 0 Å². The molecule has 2 amide bonds. The molecule has 0 radical (unpaired) electrons. The number of aromatic amines is 1. The zero-order valence-corrected chi connectivity index (χ0v) is 20.5. The first-order chi connectivity index (χ1) is 17.6. The minimum Gasteiger partial charge on any atom is -0.493 e. The largest absolute Gasteiger partial charge is 0.493 e. The molecule has 0 unspecified atom stereocenters. The number of fused-ring (bicyclic) bond motifs is 2. The third-order valence-electron chi connectivity index (χ3n) is 6.23. The fraction of sp³-hybridized carbons (Fsp3) is 0.346. The second-order valence-electron chi connectivity index (χ2n) is 8.69. The highest BCUT2D eigenvalue weighted by Crippen LogP contribution is 2.35. The molecular weight excluding hydrogens is 478 g/mol. The Morgan fingerprint density at radius 3 is 2.58 bits per heavy atom. The summed E-state index contributed by atoms with van der Waals surface area (Å²) in [4.78, 5) is 33.9. The van der Waals surface area contributed by atoms with Crippen LogP contribution >= 0.6 is 11.8 Å². The van der Waals surface area contributed by atoms with Crippen LogP contribution in [0.5, 0.6) is 5.88 Å². The van der Waals surface area contributed by atoms with Crippen molar-refractivity contribution in [3.8, 4) is 5.88 Å². The second kappa shape index (κ2) is 11.0. The molecular formula is C26H27N5O4S. The zero-order valence-electron chi connectivity index (χ0n) is 19.7. The summed E-state index contributed by atoms with van der Waals surface area (Å²) in [7, 11) is 0. The van der Waals surface area contributed by atoms with Gasteiger partial charge in [0.1, 0.15) is 0 Å². The molecule has 10 heteroatoms. The van der Waals surface area contributed by atoms with Crippen LogP contribution in [-0.4, -0.2) is 63.5 Å². The highest BCUT2D eigenvalue weighted by atomic mass is 32.2. The molecule has 1 fully saturated rings. The number of para-hydroxylation sites is 1. The van der Waals surface area contributed by atoms with Crippen molar-refractivity contribution in [1.29, 1.82) is 0 Å². The van der Waals surface area contributed by atoms with Gasteiger partial charge < -0.3 is 14.8 Å². The van der Waals surface area contributed by atoms with E-state index in [1.54, 1.807) is 24.3 Å². The van der Waals surface area contributed by atoms with Crippen LogP contribution in [0.1, 0.15) is 46.4 Å². The second-order valence-corrected chi connectivity index (χ2v) is 9.75. The van der Waals surface area contributed by atoms with Crippen molar-refractivity contribution in [2.75, 3.05) is 25.4 Å². The topological polar surface area (TPSA) is 120 Å². The number of benzene rings is 2. The first-order valence-electron chi connectivity index (χ1n) is 12.1. The highest BCUT2D eigenvalue weighted by Gasteiger charge is 2.34. The number of hydrogen-bond acceptors (Lipinski definition) is 7. The minimum absolute atomic E-state index is 0.0376. The Morgan fingerprint density at radius 1 is 1.08 bits per heavy atom. The molecule has 2 aliphatic heterocycles. The predicted octanol–water partition coefficient (Wildman–Crippen LogP) is 5.30. The molecule has 0 aliphatic carbocycles. The first kappa shape index (κ1) is 24.2. The number of amides is 2. The van der Waals surface area contributed by atoms with E-state index in [0.29, 0.717) is 47.2 Å². The number of carbonyl (C=O) groups excluding carboxylic acids is 2. The molecule has 0 spiro atoms. The Bertz CT molecular complexity index is 1290. The van der Waals surface area contributed by atoms with Crippen molar-refractivity contribution < 1.29 is 19.4 Å². The lowest BCUT2D eigenvalue weighted by molar-refractivity contribution is 0.0652. The number of imide groups is 1. The molecule has 2 N–H and O–H groups in total. The summed E-state index contributed by atoms with van der Waals surface area (Å²) in [5.74, 6) is 0.208. The fourth-order valence-electron chi connectivity index (χ4n) is 4.36. The van der Waals surface area contributed by atoms with Crippen molar-refractivity contribution in [2.24, 2.45) is 15.2 Å². The predicted molar refractivity (Wildman–Crippen MR) is 139 cm³/mol. The molecule has 36 heavy (non-hydrogen) atoms. The number of aromatic nitrogens is 1. The number of aliphatic imine (C=N–C) groups is 1. The van der Waals surface area contributed by atoms with Gasteiger partial charge in [0.05, 0.1) is 29.3 Å². The van der Waals surface area contributed by atoms with E-state index in [0.717, 1.165) is 36.8 Å². The number of H-pyrrole nitrogens is 1. The first-order valence-corrected chi connectivity index (χ1v) is 13.1. The maximum Gasteiger partial charge on any atom is 0.261 e. The molecule has 5 rings (SSSR count). The lowest BCUT2D eigenvalue weighted by Crippen LogP contribution is -2.30. The van der Waals surface area contributed by atoms with Gasteiger partial charge in [0.25, 0.3) is 11.8 Å². The minimum atomic E-state index is -0.227. The van der Waals surface area contributed by atoms with E-state index in [1.807, 2.05) is 24.3 Å². The van der Waals surface area contributed by atoms with Gasteiger partial charge >= 0.3 is 0 Å². The quantitative estimate of drug-likeness (QED) is 0.141. The Hall–Kier alpha value is -3.50. The summed E-state index contributed by atoms with van der Waals surface area (Å²) in [5, 5.41) is 20.2. The summed E-state index contributed by atoms with van der Waals surface area (Å²) < 4.78 is 5.67. The van der Waals surface area contributed by atoms with Gasteiger partial charge in [-0.3, -0.25) is 19.5 Å². The van der Waals surface area contributed by atoms with E-state index in [4.69, 9.17) is 4.74 Å². The van der Waals surface area contributed by atoms with E-state index >= 15 is 0 Å². The van der Waals surface area contributed by atoms with Crippen LogP contribution < -0.4 is 0 Å². The number of carbonyl (C=O) groups is 2. The number of thioether (sulfide) groups is 1. The standard InChI is InChI=1S/C26H27N5O4S/c32-23-22(20-11-3-4-12-21(20)28-23)29-30-26(27-16-17-8-7-14-35-17)36-15-6-5-13-31-24(33)18-9-1-2-10-19(18)25(31)34/h1-4,9-12,17,28,32H,5-8,13-16H2/t17-/m0/s1. The lowest BCUT2D eigenvalue weighted by Gasteiger charge is -2.13. The number of aromatic hydroxyl groups is 1. The van der Waals surface area contributed by atoms with Crippen molar-refractivity contribution >= 4 is 45.3 Å². The van der Waals surface area contributed by atoms with Crippen LogP contribution in [0.3, 0.4) is 0 Å². The number of ether oxygens (including phenoxy) is 1. The van der Waals surface area contributed by atoms with Gasteiger partial charge in [-0.1, -0.05) is 42.1 Å². The van der Waals surface area contributed by atoms with Crippen molar-refractivity contribution in [3.05, 3.63) is 59.7 Å². The van der Waals surface area contributed by atoms with Gasteiger partial charge in [0.15, 0.2) is 5.69 Å². The Kier molecular flexibility index (Phi) is 7.43. The fourth-order valence-corrected chi connectivity index (χ4v) is 5.15. The summed E-state index contributed by atoms with van der Waals surface area (Å²) in [6.45, 7) is 1.64. The Balaban J connectivity index is 1.19. The number of hydrogen-bond donors (Lipinski definition) is 2. The average molecular weight is 506 g/mol. The Labute approximate surface area is 212 Å². The summed E-state index contributed by atoms with van der Waals surface area (Å²) in [6.07, 6.45) is 3.54. The summed E-state index contributed by atoms with van der Waals surface area (Å²) in [6, 6.07) is 14.4. The lowest BCUT2D eigenvalue weighted by atomic mass is 10.1. The van der Waals surface area contributed by atoms with E-state index < -0.39 is 0 Å². The molecule has 1 atom stereocenters. The van der Waals surface area contributed by atoms with Gasteiger partial charge in [-0.15, -0.1) is 10.2 Å². The number of azo groups is 1. The monoisotopic (exact) mass is 505 g/mol. The SMILES string of the molecule is O=C1c2ccccc2C(=O)N1CCCCSC(N=Nc1c(O)[nH]c2ccccc12)=NC[C@@H]1CCCO1. The molecule has 2 aromatic carbocycles. The number of unbranched alkanes of at least 4 members (excludes halogenated alkanes) is 1. The molecule has 3 aromatic rings. The van der Waals surface area contributed by atoms with Crippen molar-refractivity contribution in [1.82, 2.24) is 9.88 Å². The van der Waals surface area contributed by atoms with E-state index in [2.05, 4.69) is 20.2 Å². The number of amidine groups is 1. The molecule has 3 heterocycles. The maximum atomic E-state index is 12.5. The van der Waals surface area contributed by atoms with E-state index in [1.165, 1.54) is 16.7 Å². The van der Waals surface area contributed by atoms with Gasteiger partial charge in [-0.25, -0.2) is 0 Å². The molecule has 0 saturated carbocycles. The summed E-state index contributed by atoms with van der Waals surface area (Å²) in [5.41, 5.74) is 2.10. The van der Waals surface area contributed by atoms with Gasteiger partial charge in [-0.05, 0) is 43.9 Å². The van der Waals surface area contributed by atoms with Gasteiger partial charge in [0, 0.05) is 24.3 Å². The maximum absolute atomic E-state index is 12.5. The van der Waals surface area contributed by atoms with Crippen LogP contribution in [-0.2, 0) is 4.74 Å². The molecule has 2 aliphatic rings. The molecule has 9 nitrogen and oxygen atoms in total. The van der Waals surface area contributed by atoms with Crippen LogP contribution in [0.4, 0.5) is 5.69 Å². The molecule has 1 saturated heterocycles. The number of nitrogens with one attached hydrogen (secondary N) is 1. The van der Waals surface area contributed by atoms with Crippen LogP contribution in [0.2, 0.25) is 0 Å². The molecule has 186 valence electrons. The third kappa shape index (κ3) is 5.19. The zero-order chi connectivity index (χ0) is 24.9. The van der Waals surface area contributed by atoms with E-state index in [9.17, 15) is 14.7 Å². The number of rotatable bonds is 8. The normalized spacial score (nSPS) is 18.2. The Morgan fingerprint density at radius 2 is 1.83 bits per heavy atom. The number of nitrogens with zero attached hydrogens (tertiary/aromatic N) is 4. The van der Waals surface area contributed by atoms with Crippen LogP contribution in [0.25, 0.3) is 10.9 Å². The molecule has 1 aromatic heterocycles. The van der Waals surface area contributed by atoms with Gasteiger partial charge in [0.2, 0.25) is 11.0 Å². The van der Waals surface area contributed by atoms with Crippen LogP contribution in [0, 0.1) is 0 Å². The summed E-state index contributed by atoms with van der Waals surface area (Å²) >= 11 is 1.46. The highest BCUT2D eigenvalue weighted by molar-refractivity contribution is 8.13. The third-order valence-corrected chi connectivity index (χ3v) is 7.20. The van der Waals surface area contributed by atoms with E-state index in [-0.39, 0.29) is 23.8 Å².